The summed E-state index contributed by atoms with van der Waals surface area (Å²) in [6.07, 6.45) is 0.751. The van der Waals surface area contributed by atoms with E-state index in [9.17, 15) is 9.59 Å². The fourth-order valence-electron chi connectivity index (χ4n) is 3.28. The molecule has 0 fully saturated rings. The molecule has 0 saturated heterocycles. The number of nitrogens with two attached hydrogens (primary N) is 1. The van der Waals surface area contributed by atoms with E-state index in [-0.39, 0.29) is 11.8 Å². The number of amides is 2. The number of rotatable bonds is 7. The minimum absolute atomic E-state index is 0.0293. The Hall–Kier alpha value is -3.08. The number of nitrogens with one attached hydrogen (secondary N) is 1. The van der Waals surface area contributed by atoms with Crippen molar-refractivity contribution in [3.05, 3.63) is 71.9 Å². The normalized spacial score (nSPS) is 13.3. The third-order valence-corrected chi connectivity index (χ3v) is 5.03. The second-order valence-corrected chi connectivity index (χ2v) is 6.90. The standard InChI is InChI=1S/C22H25N3O2/c1-3-15(2)20(21(23)26)24-22(27)19-13-17-11-7-8-12-18(17)25(19)14-16-9-5-4-6-10-16/h4-13,15,20H,3,14H2,1-2H3,(H2,23,26)(H,24,27). The van der Waals surface area contributed by atoms with E-state index in [1.54, 1.807) is 0 Å². The molecule has 0 aliphatic heterocycles. The molecule has 0 saturated carbocycles. The van der Waals surface area contributed by atoms with Crippen molar-refractivity contribution < 1.29 is 9.59 Å². The fourth-order valence-corrected chi connectivity index (χ4v) is 3.28. The molecule has 27 heavy (non-hydrogen) atoms. The van der Waals surface area contributed by atoms with Gasteiger partial charge in [0.2, 0.25) is 5.91 Å². The molecule has 3 rings (SSSR count). The molecule has 0 aliphatic carbocycles. The number of carbonyl (C=O) groups is 2. The van der Waals surface area contributed by atoms with Gasteiger partial charge in [0.15, 0.2) is 0 Å². The lowest BCUT2D eigenvalue weighted by Crippen LogP contribution is -2.48. The molecule has 3 aromatic rings. The minimum Gasteiger partial charge on any atom is -0.368 e. The van der Waals surface area contributed by atoms with E-state index in [0.717, 1.165) is 22.9 Å². The average molecular weight is 363 g/mol. The van der Waals surface area contributed by atoms with Crippen molar-refractivity contribution in [2.24, 2.45) is 11.7 Å². The highest BCUT2D eigenvalue weighted by molar-refractivity contribution is 6.00. The van der Waals surface area contributed by atoms with Crippen LogP contribution in [0.15, 0.2) is 60.7 Å². The van der Waals surface area contributed by atoms with E-state index >= 15 is 0 Å². The van der Waals surface area contributed by atoms with Crippen molar-refractivity contribution in [1.82, 2.24) is 9.88 Å². The first kappa shape index (κ1) is 18.7. The van der Waals surface area contributed by atoms with E-state index in [2.05, 4.69) is 5.32 Å². The summed E-state index contributed by atoms with van der Waals surface area (Å²) in [7, 11) is 0. The van der Waals surface area contributed by atoms with Gasteiger partial charge in [0.1, 0.15) is 11.7 Å². The van der Waals surface area contributed by atoms with Gasteiger partial charge in [0.25, 0.3) is 5.91 Å². The molecule has 5 heteroatoms. The van der Waals surface area contributed by atoms with Crippen molar-refractivity contribution in [1.29, 1.82) is 0 Å². The Morgan fingerprint density at radius 3 is 2.41 bits per heavy atom. The van der Waals surface area contributed by atoms with Gasteiger partial charge >= 0.3 is 0 Å². The van der Waals surface area contributed by atoms with Gasteiger partial charge in [0.05, 0.1) is 0 Å². The lowest BCUT2D eigenvalue weighted by atomic mass is 9.98. The molecule has 2 atom stereocenters. The molecule has 140 valence electrons. The SMILES string of the molecule is CCC(C)C(NC(=O)c1cc2ccccc2n1Cc1ccccc1)C(N)=O. The maximum atomic E-state index is 13.0. The molecule has 0 aliphatic rings. The molecule has 0 spiro atoms. The fraction of sp³-hybridized carbons (Fsp3) is 0.273. The Morgan fingerprint density at radius 2 is 1.74 bits per heavy atom. The molecule has 5 nitrogen and oxygen atoms in total. The molecule has 1 aromatic heterocycles. The van der Waals surface area contributed by atoms with Crippen LogP contribution in [0.4, 0.5) is 0 Å². The quantitative estimate of drug-likeness (QED) is 0.675. The van der Waals surface area contributed by atoms with Crippen LogP contribution < -0.4 is 11.1 Å². The van der Waals surface area contributed by atoms with E-state index < -0.39 is 11.9 Å². The number of aromatic nitrogens is 1. The zero-order valence-electron chi connectivity index (χ0n) is 15.7. The lowest BCUT2D eigenvalue weighted by molar-refractivity contribution is -0.120. The van der Waals surface area contributed by atoms with Crippen LogP contribution in [0.3, 0.4) is 0 Å². The maximum absolute atomic E-state index is 13.0. The highest BCUT2D eigenvalue weighted by atomic mass is 16.2. The van der Waals surface area contributed by atoms with E-state index in [4.69, 9.17) is 5.73 Å². The summed E-state index contributed by atoms with van der Waals surface area (Å²) in [6, 6.07) is 19.0. The predicted molar refractivity (Wildman–Crippen MR) is 107 cm³/mol. The third kappa shape index (κ3) is 4.03. The molecule has 2 unspecified atom stereocenters. The minimum atomic E-state index is -0.689. The van der Waals surface area contributed by atoms with Gasteiger partial charge in [-0.25, -0.2) is 0 Å². The summed E-state index contributed by atoms with van der Waals surface area (Å²) in [5.74, 6) is -0.826. The lowest BCUT2D eigenvalue weighted by Gasteiger charge is -2.21. The van der Waals surface area contributed by atoms with E-state index in [1.165, 1.54) is 0 Å². The van der Waals surface area contributed by atoms with Crippen molar-refractivity contribution in [2.45, 2.75) is 32.9 Å². The second kappa shape index (κ2) is 8.08. The summed E-state index contributed by atoms with van der Waals surface area (Å²) >= 11 is 0. The van der Waals surface area contributed by atoms with Gasteiger partial charge in [0, 0.05) is 17.4 Å². The van der Waals surface area contributed by atoms with Crippen molar-refractivity contribution in [3.63, 3.8) is 0 Å². The number of para-hydroxylation sites is 1. The Bertz CT molecular complexity index is 947. The number of carbonyl (C=O) groups excluding carboxylic acids is 2. The summed E-state index contributed by atoms with van der Waals surface area (Å²) in [5.41, 5.74) is 8.11. The summed E-state index contributed by atoms with van der Waals surface area (Å²) in [4.78, 5) is 24.8. The highest BCUT2D eigenvalue weighted by Gasteiger charge is 2.26. The molecular formula is C22H25N3O2. The number of benzene rings is 2. The van der Waals surface area contributed by atoms with Crippen LogP contribution in [0, 0.1) is 5.92 Å². The maximum Gasteiger partial charge on any atom is 0.268 e. The Balaban J connectivity index is 1.99. The molecule has 2 aromatic carbocycles. The van der Waals surface area contributed by atoms with Crippen molar-refractivity contribution >= 4 is 22.7 Å². The van der Waals surface area contributed by atoms with Crippen LogP contribution in [0.2, 0.25) is 0 Å². The Morgan fingerprint density at radius 1 is 1.07 bits per heavy atom. The largest absolute Gasteiger partial charge is 0.368 e. The van der Waals surface area contributed by atoms with E-state index in [0.29, 0.717) is 12.2 Å². The summed E-state index contributed by atoms with van der Waals surface area (Å²) < 4.78 is 1.98. The molecule has 3 N–H and O–H groups in total. The van der Waals surface area contributed by atoms with Gasteiger partial charge in [-0.2, -0.15) is 0 Å². The first-order valence-corrected chi connectivity index (χ1v) is 9.23. The van der Waals surface area contributed by atoms with Gasteiger partial charge < -0.3 is 15.6 Å². The average Bonchev–Trinajstić information content (AvgIpc) is 3.04. The zero-order valence-corrected chi connectivity index (χ0v) is 15.7. The highest BCUT2D eigenvalue weighted by Crippen LogP contribution is 2.22. The topological polar surface area (TPSA) is 77.1 Å². The predicted octanol–water partition coefficient (Wildman–Crippen LogP) is 3.32. The van der Waals surface area contributed by atoms with Gasteiger partial charge in [-0.15, -0.1) is 0 Å². The van der Waals surface area contributed by atoms with Gasteiger partial charge in [-0.3, -0.25) is 9.59 Å². The van der Waals surface area contributed by atoms with E-state index in [1.807, 2.05) is 79.1 Å². The van der Waals surface area contributed by atoms with Crippen LogP contribution in [-0.2, 0) is 11.3 Å². The first-order chi connectivity index (χ1) is 13.0. The number of hydrogen-bond acceptors (Lipinski definition) is 2. The van der Waals surface area contributed by atoms with Crippen LogP contribution in [0.5, 0.6) is 0 Å². The number of hydrogen-bond donors (Lipinski definition) is 2. The monoisotopic (exact) mass is 363 g/mol. The molecule has 0 bridgehead atoms. The summed E-state index contributed by atoms with van der Waals surface area (Å²) in [5, 5.41) is 3.82. The van der Waals surface area contributed by atoms with Crippen LogP contribution in [0.1, 0.15) is 36.3 Å². The first-order valence-electron chi connectivity index (χ1n) is 9.23. The smallest absolute Gasteiger partial charge is 0.268 e. The number of nitrogens with zero attached hydrogens (tertiary/aromatic N) is 1. The molecule has 0 radical (unpaired) electrons. The van der Waals surface area contributed by atoms with Crippen LogP contribution >= 0.6 is 0 Å². The third-order valence-electron chi connectivity index (χ3n) is 5.03. The van der Waals surface area contributed by atoms with Gasteiger partial charge in [-0.05, 0) is 23.6 Å². The molecule has 1 heterocycles. The zero-order chi connectivity index (χ0) is 19.4. The van der Waals surface area contributed by atoms with Gasteiger partial charge in [-0.1, -0.05) is 68.8 Å². The summed E-state index contributed by atoms with van der Waals surface area (Å²) in [6.45, 7) is 4.45. The Labute approximate surface area is 159 Å². The number of fused-ring (bicyclic) bond motifs is 1. The second-order valence-electron chi connectivity index (χ2n) is 6.90. The molecular weight excluding hydrogens is 338 g/mol. The van der Waals surface area contributed by atoms with Crippen molar-refractivity contribution in [3.8, 4) is 0 Å². The van der Waals surface area contributed by atoms with Crippen molar-refractivity contribution in [2.75, 3.05) is 0 Å². The van der Waals surface area contributed by atoms with Crippen LogP contribution in [-0.4, -0.2) is 22.4 Å². The molecule has 2 amide bonds. The Kier molecular flexibility index (Phi) is 5.60. The van der Waals surface area contributed by atoms with Crippen LogP contribution in [0.25, 0.3) is 10.9 Å². The number of primary amides is 1.